The predicted octanol–water partition coefficient (Wildman–Crippen LogP) is 0.876. The van der Waals surface area contributed by atoms with Gasteiger partial charge in [0.05, 0.1) is 6.54 Å². The molecule has 0 unspecified atom stereocenters. The average Bonchev–Trinajstić information content (AvgIpc) is 2.85. The van der Waals surface area contributed by atoms with Gasteiger partial charge in [-0.05, 0) is 6.07 Å². The van der Waals surface area contributed by atoms with Crippen LogP contribution in [0.1, 0.15) is 11.4 Å². The van der Waals surface area contributed by atoms with Gasteiger partial charge in [-0.1, -0.05) is 12.1 Å². The fourth-order valence-corrected chi connectivity index (χ4v) is 2.05. The summed E-state index contributed by atoms with van der Waals surface area (Å²) in [7, 11) is 1.86. The largest absolute Gasteiger partial charge is 0.486 e. The quantitative estimate of drug-likeness (QED) is 0.884. The number of nitrogens with one attached hydrogen (secondary N) is 1. The topological polar surface area (TPSA) is 61.2 Å². The summed E-state index contributed by atoms with van der Waals surface area (Å²) in [6.07, 6.45) is 1.69. The number of ether oxygens (including phenoxy) is 2. The van der Waals surface area contributed by atoms with Crippen LogP contribution in [-0.2, 0) is 20.1 Å². The third-order valence-corrected chi connectivity index (χ3v) is 2.89. The average molecular weight is 260 g/mol. The molecule has 1 N–H and O–H groups in total. The van der Waals surface area contributed by atoms with Gasteiger partial charge in [-0.25, -0.2) is 4.98 Å². The van der Waals surface area contributed by atoms with Crippen molar-refractivity contribution in [2.75, 3.05) is 13.2 Å². The summed E-state index contributed by atoms with van der Waals surface area (Å²) in [4.78, 5) is 4.17. The summed E-state index contributed by atoms with van der Waals surface area (Å²) in [5.74, 6) is 2.45. The Balaban J connectivity index is 1.64. The van der Waals surface area contributed by atoms with E-state index in [9.17, 15) is 0 Å². The molecule has 0 aliphatic carbocycles. The van der Waals surface area contributed by atoms with Crippen molar-refractivity contribution >= 4 is 0 Å². The Kier molecular flexibility index (Phi) is 3.33. The van der Waals surface area contributed by atoms with E-state index in [0.29, 0.717) is 26.3 Å². The maximum atomic E-state index is 5.66. The van der Waals surface area contributed by atoms with Crippen LogP contribution in [0.15, 0.2) is 24.5 Å². The summed E-state index contributed by atoms with van der Waals surface area (Å²) in [6.45, 7) is 2.55. The molecule has 0 spiro atoms. The number of rotatable bonds is 4. The van der Waals surface area contributed by atoms with E-state index in [4.69, 9.17) is 9.47 Å². The van der Waals surface area contributed by atoms with Crippen molar-refractivity contribution < 1.29 is 9.47 Å². The molecule has 0 radical (unpaired) electrons. The fraction of sp³-hybridized carbons (Fsp3) is 0.385. The molecule has 1 aromatic carbocycles. The lowest BCUT2D eigenvalue weighted by atomic mass is 10.1. The molecule has 0 fully saturated rings. The van der Waals surface area contributed by atoms with Crippen LogP contribution in [0.4, 0.5) is 0 Å². The van der Waals surface area contributed by atoms with E-state index < -0.39 is 0 Å². The minimum absolute atomic E-state index is 0.603. The predicted molar refractivity (Wildman–Crippen MR) is 69.0 cm³/mol. The maximum absolute atomic E-state index is 5.66. The van der Waals surface area contributed by atoms with E-state index in [-0.39, 0.29) is 0 Å². The zero-order valence-electron chi connectivity index (χ0n) is 10.8. The molecule has 1 aliphatic heterocycles. The Labute approximate surface area is 111 Å². The molecule has 2 heterocycles. The number of fused-ring (bicyclic) bond motifs is 1. The summed E-state index contributed by atoms with van der Waals surface area (Å²) in [6, 6.07) is 5.94. The second-order valence-corrected chi connectivity index (χ2v) is 4.38. The number of hydrogen-bond acceptors (Lipinski definition) is 5. The standard InChI is InChI=1S/C13H16N4O2/c1-17-9-15-12(16-17)8-14-7-10-3-2-4-11-13(10)19-6-5-18-11/h2-4,9,14H,5-8H2,1H3. The minimum Gasteiger partial charge on any atom is -0.486 e. The molecule has 6 nitrogen and oxygen atoms in total. The molecule has 6 heteroatoms. The molecule has 1 aliphatic rings. The van der Waals surface area contributed by atoms with Gasteiger partial charge < -0.3 is 14.8 Å². The summed E-state index contributed by atoms with van der Waals surface area (Å²) >= 11 is 0. The molecule has 19 heavy (non-hydrogen) atoms. The van der Waals surface area contributed by atoms with Gasteiger partial charge >= 0.3 is 0 Å². The Bertz CT molecular complexity index is 568. The second kappa shape index (κ2) is 5.27. The van der Waals surface area contributed by atoms with Crippen LogP contribution in [0.3, 0.4) is 0 Å². The van der Waals surface area contributed by atoms with E-state index >= 15 is 0 Å². The molecule has 0 bridgehead atoms. The number of benzene rings is 1. The molecule has 100 valence electrons. The lowest BCUT2D eigenvalue weighted by molar-refractivity contribution is 0.169. The molecule has 3 rings (SSSR count). The van der Waals surface area contributed by atoms with Crippen molar-refractivity contribution in [3.8, 4) is 11.5 Å². The zero-order valence-corrected chi connectivity index (χ0v) is 10.8. The first kappa shape index (κ1) is 12.0. The van der Waals surface area contributed by atoms with Crippen molar-refractivity contribution in [1.29, 1.82) is 0 Å². The van der Waals surface area contributed by atoms with Crippen LogP contribution in [0.2, 0.25) is 0 Å². The van der Waals surface area contributed by atoms with Gasteiger partial charge in [0.1, 0.15) is 19.5 Å². The molecule has 0 saturated heterocycles. The lowest BCUT2D eigenvalue weighted by Crippen LogP contribution is -2.19. The lowest BCUT2D eigenvalue weighted by Gasteiger charge is -2.21. The highest BCUT2D eigenvalue weighted by Crippen LogP contribution is 2.33. The van der Waals surface area contributed by atoms with Crippen LogP contribution >= 0.6 is 0 Å². The van der Waals surface area contributed by atoms with Gasteiger partial charge in [0, 0.05) is 19.2 Å². The Morgan fingerprint density at radius 3 is 3.00 bits per heavy atom. The van der Waals surface area contributed by atoms with Gasteiger partial charge in [0.15, 0.2) is 17.3 Å². The second-order valence-electron chi connectivity index (χ2n) is 4.38. The van der Waals surface area contributed by atoms with Crippen LogP contribution in [0.25, 0.3) is 0 Å². The first-order chi connectivity index (χ1) is 9.33. The molecule has 0 atom stereocenters. The fourth-order valence-electron chi connectivity index (χ4n) is 2.05. The highest BCUT2D eigenvalue weighted by molar-refractivity contribution is 5.47. The molecule has 0 amide bonds. The van der Waals surface area contributed by atoms with E-state index in [0.717, 1.165) is 22.9 Å². The Morgan fingerprint density at radius 2 is 2.16 bits per heavy atom. The molecule has 0 saturated carbocycles. The van der Waals surface area contributed by atoms with E-state index in [2.05, 4.69) is 15.4 Å². The van der Waals surface area contributed by atoms with Crippen molar-refractivity contribution in [3.63, 3.8) is 0 Å². The van der Waals surface area contributed by atoms with E-state index in [1.165, 1.54) is 0 Å². The normalized spacial score (nSPS) is 13.5. The highest BCUT2D eigenvalue weighted by atomic mass is 16.6. The van der Waals surface area contributed by atoms with E-state index in [1.54, 1.807) is 11.0 Å². The first-order valence-electron chi connectivity index (χ1n) is 6.25. The summed E-state index contributed by atoms with van der Waals surface area (Å²) in [5.41, 5.74) is 1.09. The monoisotopic (exact) mass is 260 g/mol. The molecular weight excluding hydrogens is 244 g/mol. The van der Waals surface area contributed by atoms with Gasteiger partial charge in [0.2, 0.25) is 0 Å². The van der Waals surface area contributed by atoms with Crippen LogP contribution < -0.4 is 14.8 Å². The zero-order chi connectivity index (χ0) is 13.1. The molecular formula is C13H16N4O2. The number of aryl methyl sites for hydroxylation is 1. The third-order valence-electron chi connectivity index (χ3n) is 2.89. The number of para-hydroxylation sites is 1. The van der Waals surface area contributed by atoms with Crippen LogP contribution in [-0.4, -0.2) is 28.0 Å². The van der Waals surface area contributed by atoms with Crippen molar-refractivity contribution in [3.05, 3.63) is 35.9 Å². The van der Waals surface area contributed by atoms with Gasteiger partial charge in [-0.15, -0.1) is 0 Å². The molecule has 2 aromatic rings. The minimum atomic E-state index is 0.603. The summed E-state index contributed by atoms with van der Waals surface area (Å²) in [5, 5.41) is 7.52. The SMILES string of the molecule is Cn1cnc(CNCc2cccc3c2OCCO3)n1. The van der Waals surface area contributed by atoms with Crippen molar-refractivity contribution in [2.45, 2.75) is 13.1 Å². The maximum Gasteiger partial charge on any atom is 0.165 e. The van der Waals surface area contributed by atoms with Crippen LogP contribution in [0, 0.1) is 0 Å². The Morgan fingerprint density at radius 1 is 1.26 bits per heavy atom. The summed E-state index contributed by atoms with van der Waals surface area (Å²) < 4.78 is 12.9. The highest BCUT2D eigenvalue weighted by Gasteiger charge is 2.15. The van der Waals surface area contributed by atoms with Crippen molar-refractivity contribution in [2.24, 2.45) is 7.05 Å². The molecule has 1 aromatic heterocycles. The third kappa shape index (κ3) is 2.68. The van der Waals surface area contributed by atoms with Crippen molar-refractivity contribution in [1.82, 2.24) is 20.1 Å². The Hall–Kier alpha value is -2.08. The van der Waals surface area contributed by atoms with E-state index in [1.807, 2.05) is 25.2 Å². The number of hydrogen-bond donors (Lipinski definition) is 1. The van der Waals surface area contributed by atoms with Gasteiger partial charge in [-0.3, -0.25) is 4.68 Å². The van der Waals surface area contributed by atoms with Gasteiger partial charge in [0.25, 0.3) is 0 Å². The smallest absolute Gasteiger partial charge is 0.165 e. The van der Waals surface area contributed by atoms with Crippen LogP contribution in [0.5, 0.6) is 11.5 Å². The number of nitrogens with zero attached hydrogens (tertiary/aromatic N) is 3. The first-order valence-corrected chi connectivity index (χ1v) is 6.25. The number of aromatic nitrogens is 3. The van der Waals surface area contributed by atoms with Gasteiger partial charge in [-0.2, -0.15) is 5.10 Å².